The van der Waals surface area contributed by atoms with Gasteiger partial charge in [-0.3, -0.25) is 10.2 Å². The number of rotatable bonds is 5. The van der Waals surface area contributed by atoms with Crippen molar-refractivity contribution in [3.05, 3.63) is 57.4 Å². The number of carbonyl (C=O) groups excluding carboxylic acids is 2. The van der Waals surface area contributed by atoms with Crippen LogP contribution >= 0.6 is 22.9 Å². The van der Waals surface area contributed by atoms with Crippen LogP contribution < -0.4 is 20.3 Å². The number of esters is 1. The number of cyclic esters (lactones) is 1. The van der Waals surface area contributed by atoms with Gasteiger partial charge in [-0.25, -0.2) is 4.79 Å². The maximum Gasteiger partial charge on any atom is 0.344 e. The Labute approximate surface area is 169 Å². The van der Waals surface area contributed by atoms with Crippen LogP contribution in [-0.4, -0.2) is 26.1 Å². The fourth-order valence-electron chi connectivity index (χ4n) is 3.06. The van der Waals surface area contributed by atoms with Crippen molar-refractivity contribution in [2.75, 3.05) is 14.2 Å². The van der Waals surface area contributed by atoms with Crippen LogP contribution in [0.5, 0.6) is 11.5 Å². The smallest absolute Gasteiger partial charge is 0.344 e. The van der Waals surface area contributed by atoms with Gasteiger partial charge in [0.15, 0.2) is 17.7 Å². The third-order valence-electron chi connectivity index (χ3n) is 4.35. The number of hydrogen-bond donors (Lipinski definition) is 2. The van der Waals surface area contributed by atoms with E-state index in [2.05, 4.69) is 10.9 Å². The molecule has 0 unspecified atom stereocenters. The molecule has 3 aromatic rings. The SMILES string of the molecule is COc1ccc2c(c1OC)C(=O)O[C@H]2NNC(=O)c1sc2ccccc2c1Cl. The molecule has 1 atom stereocenters. The van der Waals surface area contributed by atoms with Crippen molar-refractivity contribution in [3.63, 3.8) is 0 Å². The maximum atomic E-state index is 12.6. The highest BCUT2D eigenvalue weighted by atomic mass is 35.5. The van der Waals surface area contributed by atoms with Crippen molar-refractivity contribution in [3.8, 4) is 11.5 Å². The molecule has 0 bridgehead atoms. The lowest BCUT2D eigenvalue weighted by Crippen LogP contribution is -2.39. The Morgan fingerprint density at radius 1 is 1.18 bits per heavy atom. The van der Waals surface area contributed by atoms with Crippen molar-refractivity contribution < 1.29 is 23.8 Å². The molecular formula is C19H15ClN2O5S. The van der Waals surface area contributed by atoms with E-state index >= 15 is 0 Å². The highest BCUT2D eigenvalue weighted by Crippen LogP contribution is 2.41. The van der Waals surface area contributed by atoms with Gasteiger partial charge in [-0.05, 0) is 18.2 Å². The number of hydrazine groups is 1. The lowest BCUT2D eigenvalue weighted by molar-refractivity contribution is 0.0260. The first-order chi connectivity index (χ1) is 13.5. The van der Waals surface area contributed by atoms with E-state index in [1.54, 1.807) is 12.1 Å². The van der Waals surface area contributed by atoms with Crippen LogP contribution in [0.1, 0.15) is 31.8 Å². The molecule has 7 nitrogen and oxygen atoms in total. The van der Waals surface area contributed by atoms with Crippen molar-refractivity contribution >= 4 is 44.9 Å². The molecule has 0 radical (unpaired) electrons. The molecule has 9 heteroatoms. The molecule has 2 aromatic carbocycles. The average Bonchev–Trinajstić information content (AvgIpc) is 3.23. The van der Waals surface area contributed by atoms with Crippen LogP contribution in [0.15, 0.2) is 36.4 Å². The van der Waals surface area contributed by atoms with Crippen molar-refractivity contribution in [2.24, 2.45) is 0 Å². The van der Waals surface area contributed by atoms with Crippen LogP contribution in [0.3, 0.4) is 0 Å². The number of carbonyl (C=O) groups is 2. The number of methoxy groups -OCH3 is 2. The normalized spacial score (nSPS) is 15.2. The fraction of sp³-hybridized carbons (Fsp3) is 0.158. The van der Waals surface area contributed by atoms with Crippen molar-refractivity contribution in [1.82, 2.24) is 10.9 Å². The summed E-state index contributed by atoms with van der Waals surface area (Å²) in [6, 6.07) is 10.8. The van der Waals surface area contributed by atoms with Gasteiger partial charge in [0.25, 0.3) is 5.91 Å². The van der Waals surface area contributed by atoms with E-state index in [0.717, 1.165) is 10.1 Å². The highest BCUT2D eigenvalue weighted by molar-refractivity contribution is 7.21. The molecule has 0 spiro atoms. The molecule has 0 saturated carbocycles. The van der Waals surface area contributed by atoms with E-state index in [-0.39, 0.29) is 11.3 Å². The number of thiophene rings is 1. The summed E-state index contributed by atoms with van der Waals surface area (Å²) in [6.07, 6.45) is -0.862. The lowest BCUT2D eigenvalue weighted by Gasteiger charge is -2.14. The van der Waals surface area contributed by atoms with Gasteiger partial charge in [-0.1, -0.05) is 29.8 Å². The molecule has 1 aromatic heterocycles. The number of fused-ring (bicyclic) bond motifs is 2. The summed E-state index contributed by atoms with van der Waals surface area (Å²) in [5, 5.41) is 1.20. The number of amides is 1. The van der Waals surface area contributed by atoms with E-state index < -0.39 is 18.1 Å². The predicted octanol–water partition coefficient (Wildman–Crippen LogP) is 3.68. The second-order valence-electron chi connectivity index (χ2n) is 5.89. The fourth-order valence-corrected chi connectivity index (χ4v) is 4.47. The number of halogens is 1. The predicted molar refractivity (Wildman–Crippen MR) is 105 cm³/mol. The second-order valence-corrected chi connectivity index (χ2v) is 7.32. The highest BCUT2D eigenvalue weighted by Gasteiger charge is 2.36. The molecule has 144 valence electrons. The first-order valence-electron chi connectivity index (χ1n) is 8.24. The minimum Gasteiger partial charge on any atom is -0.493 e. The Hall–Kier alpha value is -2.81. The van der Waals surface area contributed by atoms with Gasteiger partial charge in [0.05, 0.1) is 19.2 Å². The largest absolute Gasteiger partial charge is 0.493 e. The van der Waals surface area contributed by atoms with Crippen molar-refractivity contribution in [2.45, 2.75) is 6.23 Å². The average molecular weight is 419 g/mol. The number of benzene rings is 2. The van der Waals surface area contributed by atoms with Gasteiger partial charge < -0.3 is 14.2 Å². The van der Waals surface area contributed by atoms with Crippen LogP contribution in [0, 0.1) is 0 Å². The summed E-state index contributed by atoms with van der Waals surface area (Å²) in [6.45, 7) is 0. The summed E-state index contributed by atoms with van der Waals surface area (Å²) >= 11 is 7.61. The van der Waals surface area contributed by atoms with Gasteiger partial charge in [0, 0.05) is 15.6 Å². The molecule has 4 rings (SSSR count). The quantitative estimate of drug-likeness (QED) is 0.485. The minimum atomic E-state index is -0.862. The third kappa shape index (κ3) is 2.95. The molecule has 2 N–H and O–H groups in total. The van der Waals surface area contributed by atoms with Crippen LogP contribution in [0.25, 0.3) is 10.1 Å². The molecule has 0 aliphatic carbocycles. The first-order valence-corrected chi connectivity index (χ1v) is 9.43. The van der Waals surface area contributed by atoms with Gasteiger partial charge in [0.1, 0.15) is 10.4 Å². The third-order valence-corrected chi connectivity index (χ3v) is 6.02. The Balaban J connectivity index is 1.56. The van der Waals surface area contributed by atoms with E-state index in [0.29, 0.717) is 21.2 Å². The van der Waals surface area contributed by atoms with Gasteiger partial charge in [-0.2, -0.15) is 5.43 Å². The van der Waals surface area contributed by atoms with Crippen LogP contribution in [0.4, 0.5) is 0 Å². The van der Waals surface area contributed by atoms with E-state index in [1.807, 2.05) is 24.3 Å². The Bertz CT molecular complexity index is 1100. The standard InChI is InChI=1S/C19H15ClN2O5S/c1-25-11-8-7-10-13(15(11)26-2)19(24)27-18(10)22-21-17(23)16-14(20)9-5-3-4-6-12(9)28-16/h3-8,18,22H,1-2H3,(H,21,23)/t18-/m1/s1. The first kappa shape index (κ1) is 18.5. The zero-order chi connectivity index (χ0) is 19.8. The topological polar surface area (TPSA) is 85.9 Å². The summed E-state index contributed by atoms with van der Waals surface area (Å²) in [5.74, 6) is -0.290. The second kappa shape index (κ2) is 7.31. The molecule has 0 fully saturated rings. The number of nitrogens with one attached hydrogen (secondary N) is 2. The zero-order valence-corrected chi connectivity index (χ0v) is 16.4. The lowest BCUT2D eigenvalue weighted by atomic mass is 10.1. The Kier molecular flexibility index (Phi) is 4.84. The minimum absolute atomic E-state index is 0.258. The molecule has 0 saturated heterocycles. The number of ether oxygens (including phenoxy) is 3. The summed E-state index contributed by atoms with van der Waals surface area (Å²) in [7, 11) is 2.92. The van der Waals surface area contributed by atoms with Gasteiger partial charge >= 0.3 is 5.97 Å². The molecule has 1 aliphatic rings. The van der Waals surface area contributed by atoms with E-state index in [9.17, 15) is 9.59 Å². The Morgan fingerprint density at radius 2 is 1.96 bits per heavy atom. The Morgan fingerprint density at radius 3 is 2.68 bits per heavy atom. The van der Waals surface area contributed by atoms with Gasteiger partial charge in [0.2, 0.25) is 0 Å². The van der Waals surface area contributed by atoms with Gasteiger partial charge in [-0.15, -0.1) is 11.3 Å². The zero-order valence-electron chi connectivity index (χ0n) is 14.9. The molecule has 1 aliphatic heterocycles. The monoisotopic (exact) mass is 418 g/mol. The van der Waals surface area contributed by atoms with Crippen LogP contribution in [-0.2, 0) is 4.74 Å². The summed E-state index contributed by atoms with van der Waals surface area (Å²) in [5.41, 5.74) is 6.08. The molecule has 1 amide bonds. The molecule has 2 heterocycles. The summed E-state index contributed by atoms with van der Waals surface area (Å²) < 4.78 is 16.7. The van der Waals surface area contributed by atoms with Crippen molar-refractivity contribution in [1.29, 1.82) is 0 Å². The van der Waals surface area contributed by atoms with Crippen LogP contribution in [0.2, 0.25) is 5.02 Å². The number of hydrogen-bond acceptors (Lipinski definition) is 7. The van der Waals surface area contributed by atoms with E-state index in [1.165, 1.54) is 25.6 Å². The summed E-state index contributed by atoms with van der Waals surface area (Å²) in [4.78, 5) is 25.2. The molecular weight excluding hydrogens is 404 g/mol. The molecule has 28 heavy (non-hydrogen) atoms. The van der Waals surface area contributed by atoms with E-state index in [4.69, 9.17) is 25.8 Å². The maximum absolute atomic E-state index is 12.6.